The van der Waals surface area contributed by atoms with Gasteiger partial charge < -0.3 is 16.0 Å². The van der Waals surface area contributed by atoms with Crippen molar-refractivity contribution in [2.45, 2.75) is 19.8 Å². The average Bonchev–Trinajstić information content (AvgIpc) is 3.15. The molecule has 6 heteroatoms. The van der Waals surface area contributed by atoms with E-state index in [0.29, 0.717) is 5.56 Å². The molecule has 0 aliphatic rings. The standard InChI is InChI=1S/C19H26N4OS/c1-3-21-19(23-12-10-17-8-5-13-25-17)22-11-9-15-6-4-7-16(14-15)18(24)20-2/h4-8,13-14H,3,9-12H2,1-2H3,(H,20,24)(H2,21,22,23). The highest BCUT2D eigenvalue weighted by atomic mass is 32.1. The van der Waals surface area contributed by atoms with Gasteiger partial charge in [0.1, 0.15) is 0 Å². The molecule has 1 heterocycles. The minimum Gasteiger partial charge on any atom is -0.357 e. The first-order valence-corrected chi connectivity index (χ1v) is 9.46. The maximum Gasteiger partial charge on any atom is 0.251 e. The van der Waals surface area contributed by atoms with Gasteiger partial charge in [0.05, 0.1) is 0 Å². The van der Waals surface area contributed by atoms with Gasteiger partial charge >= 0.3 is 0 Å². The molecule has 0 unspecified atom stereocenters. The smallest absolute Gasteiger partial charge is 0.251 e. The van der Waals surface area contributed by atoms with Crippen LogP contribution in [-0.4, -0.2) is 38.5 Å². The third-order valence-electron chi connectivity index (χ3n) is 3.67. The number of aliphatic imine (C=N–C) groups is 1. The molecule has 2 rings (SSSR count). The molecule has 0 saturated heterocycles. The summed E-state index contributed by atoms with van der Waals surface area (Å²) in [6.45, 7) is 4.42. The Balaban J connectivity index is 1.83. The average molecular weight is 359 g/mol. The van der Waals surface area contributed by atoms with Gasteiger partial charge in [0.15, 0.2) is 5.96 Å². The van der Waals surface area contributed by atoms with Crippen LogP contribution >= 0.6 is 11.3 Å². The monoisotopic (exact) mass is 358 g/mol. The largest absolute Gasteiger partial charge is 0.357 e. The van der Waals surface area contributed by atoms with Gasteiger partial charge in [-0.1, -0.05) is 18.2 Å². The molecule has 2 aromatic rings. The van der Waals surface area contributed by atoms with E-state index in [2.05, 4.69) is 45.4 Å². The van der Waals surface area contributed by atoms with Crippen molar-refractivity contribution >= 4 is 23.2 Å². The van der Waals surface area contributed by atoms with E-state index in [-0.39, 0.29) is 5.91 Å². The Kier molecular flexibility index (Phi) is 7.98. The SMILES string of the molecule is CCNC(=NCCc1cccs1)NCCc1cccc(C(=O)NC)c1. The van der Waals surface area contributed by atoms with E-state index in [0.717, 1.165) is 44.0 Å². The summed E-state index contributed by atoms with van der Waals surface area (Å²) in [4.78, 5) is 17.7. The zero-order chi connectivity index (χ0) is 17.9. The molecule has 0 saturated carbocycles. The van der Waals surface area contributed by atoms with Crippen molar-refractivity contribution in [3.63, 3.8) is 0 Å². The molecule has 0 bridgehead atoms. The third-order valence-corrected chi connectivity index (χ3v) is 4.61. The highest BCUT2D eigenvalue weighted by Gasteiger charge is 2.04. The van der Waals surface area contributed by atoms with Crippen LogP contribution < -0.4 is 16.0 Å². The molecule has 25 heavy (non-hydrogen) atoms. The van der Waals surface area contributed by atoms with E-state index in [1.165, 1.54) is 4.88 Å². The fraction of sp³-hybridized carbons (Fsp3) is 0.368. The normalized spacial score (nSPS) is 11.2. The van der Waals surface area contributed by atoms with Crippen molar-refractivity contribution < 1.29 is 4.79 Å². The Hall–Kier alpha value is -2.34. The number of carbonyl (C=O) groups excluding carboxylic acids is 1. The van der Waals surface area contributed by atoms with Crippen LogP contribution in [0.15, 0.2) is 46.8 Å². The molecule has 0 spiro atoms. The zero-order valence-electron chi connectivity index (χ0n) is 14.8. The van der Waals surface area contributed by atoms with Crippen molar-refractivity contribution in [3.8, 4) is 0 Å². The van der Waals surface area contributed by atoms with E-state index >= 15 is 0 Å². The number of hydrogen-bond acceptors (Lipinski definition) is 3. The lowest BCUT2D eigenvalue weighted by Gasteiger charge is -2.11. The number of thiophene rings is 1. The summed E-state index contributed by atoms with van der Waals surface area (Å²) in [7, 11) is 1.64. The minimum absolute atomic E-state index is 0.0571. The Bertz CT molecular complexity index is 682. The molecule has 0 fully saturated rings. The number of guanidine groups is 1. The molecule has 0 aliphatic carbocycles. The van der Waals surface area contributed by atoms with E-state index in [4.69, 9.17) is 0 Å². The van der Waals surface area contributed by atoms with Crippen LogP contribution in [-0.2, 0) is 12.8 Å². The third kappa shape index (κ3) is 6.58. The Morgan fingerprint density at radius 1 is 1.16 bits per heavy atom. The molecule has 1 aromatic heterocycles. The molecule has 1 aromatic carbocycles. The summed E-state index contributed by atoms with van der Waals surface area (Å²) in [6, 6.07) is 11.9. The van der Waals surface area contributed by atoms with Crippen molar-refractivity contribution in [2.24, 2.45) is 4.99 Å². The summed E-state index contributed by atoms with van der Waals surface area (Å²) in [5.41, 5.74) is 1.82. The van der Waals surface area contributed by atoms with Crippen LogP contribution in [0.1, 0.15) is 27.7 Å². The number of nitrogens with zero attached hydrogens (tertiary/aromatic N) is 1. The highest BCUT2D eigenvalue weighted by molar-refractivity contribution is 7.09. The van der Waals surface area contributed by atoms with Crippen LogP contribution in [0.25, 0.3) is 0 Å². The van der Waals surface area contributed by atoms with Crippen molar-refractivity contribution in [2.75, 3.05) is 26.7 Å². The second kappa shape index (κ2) is 10.5. The highest BCUT2D eigenvalue weighted by Crippen LogP contribution is 2.09. The Morgan fingerprint density at radius 3 is 2.76 bits per heavy atom. The molecular formula is C19H26N4OS. The second-order valence-corrected chi connectivity index (χ2v) is 6.58. The van der Waals surface area contributed by atoms with E-state index < -0.39 is 0 Å². The molecule has 134 valence electrons. The summed E-state index contributed by atoms with van der Waals surface area (Å²) >= 11 is 1.77. The second-order valence-electron chi connectivity index (χ2n) is 5.55. The summed E-state index contributed by atoms with van der Waals surface area (Å²) < 4.78 is 0. The maximum atomic E-state index is 11.7. The fourth-order valence-electron chi connectivity index (χ4n) is 2.41. The fourth-order valence-corrected chi connectivity index (χ4v) is 3.11. The van der Waals surface area contributed by atoms with Crippen LogP contribution in [0.5, 0.6) is 0 Å². The number of amides is 1. The molecule has 3 N–H and O–H groups in total. The Morgan fingerprint density at radius 2 is 2.04 bits per heavy atom. The number of benzene rings is 1. The van der Waals surface area contributed by atoms with Gasteiger partial charge in [-0.2, -0.15) is 0 Å². The zero-order valence-corrected chi connectivity index (χ0v) is 15.7. The summed E-state index contributed by atoms with van der Waals surface area (Å²) in [6.07, 6.45) is 1.79. The molecule has 0 atom stereocenters. The van der Waals surface area contributed by atoms with Gasteiger partial charge in [0, 0.05) is 43.5 Å². The molecular weight excluding hydrogens is 332 g/mol. The van der Waals surface area contributed by atoms with Crippen molar-refractivity contribution in [1.82, 2.24) is 16.0 Å². The lowest BCUT2D eigenvalue weighted by Crippen LogP contribution is -2.38. The first kappa shape index (κ1) is 19.0. The first-order valence-electron chi connectivity index (χ1n) is 8.58. The maximum absolute atomic E-state index is 11.7. The van der Waals surface area contributed by atoms with Crippen LogP contribution in [0, 0.1) is 0 Å². The first-order chi connectivity index (χ1) is 12.2. The number of hydrogen-bond donors (Lipinski definition) is 3. The lowest BCUT2D eigenvalue weighted by atomic mass is 10.1. The predicted octanol–water partition coefficient (Wildman–Crippen LogP) is 2.45. The summed E-state index contributed by atoms with van der Waals surface area (Å²) in [5.74, 6) is 0.778. The minimum atomic E-state index is -0.0571. The van der Waals surface area contributed by atoms with Gasteiger partial charge in [0.2, 0.25) is 0 Å². The van der Waals surface area contributed by atoms with Crippen LogP contribution in [0.3, 0.4) is 0 Å². The van der Waals surface area contributed by atoms with Crippen molar-refractivity contribution in [3.05, 3.63) is 57.8 Å². The van der Waals surface area contributed by atoms with E-state index in [1.807, 2.05) is 24.3 Å². The van der Waals surface area contributed by atoms with Gasteiger partial charge in [-0.05, 0) is 42.5 Å². The van der Waals surface area contributed by atoms with E-state index in [1.54, 1.807) is 18.4 Å². The molecule has 0 aliphatic heterocycles. The molecule has 0 radical (unpaired) electrons. The molecule has 1 amide bonds. The van der Waals surface area contributed by atoms with Gasteiger partial charge in [-0.25, -0.2) is 0 Å². The van der Waals surface area contributed by atoms with Gasteiger partial charge in [-0.3, -0.25) is 9.79 Å². The summed E-state index contributed by atoms with van der Waals surface area (Å²) in [5, 5.41) is 11.4. The van der Waals surface area contributed by atoms with Crippen molar-refractivity contribution in [1.29, 1.82) is 0 Å². The van der Waals surface area contributed by atoms with Gasteiger partial charge in [-0.15, -0.1) is 11.3 Å². The predicted molar refractivity (Wildman–Crippen MR) is 106 cm³/mol. The number of carbonyl (C=O) groups is 1. The Labute approximate surface area is 153 Å². The van der Waals surface area contributed by atoms with Gasteiger partial charge in [0.25, 0.3) is 5.91 Å². The van der Waals surface area contributed by atoms with Crippen LogP contribution in [0.2, 0.25) is 0 Å². The quantitative estimate of drug-likeness (QED) is 0.502. The lowest BCUT2D eigenvalue weighted by molar-refractivity contribution is 0.0963. The number of nitrogens with one attached hydrogen (secondary N) is 3. The molecule has 5 nitrogen and oxygen atoms in total. The van der Waals surface area contributed by atoms with Crippen LogP contribution in [0.4, 0.5) is 0 Å². The number of rotatable bonds is 8. The topological polar surface area (TPSA) is 65.5 Å². The van der Waals surface area contributed by atoms with E-state index in [9.17, 15) is 4.79 Å².